The van der Waals surface area contributed by atoms with Crippen LogP contribution in [0.5, 0.6) is 11.6 Å². The van der Waals surface area contributed by atoms with E-state index >= 15 is 0 Å². The molecular formula is C20H30IN5O2. The fraction of sp³-hybridized carbons (Fsp3) is 0.400. The molecule has 0 spiro atoms. The summed E-state index contributed by atoms with van der Waals surface area (Å²) < 4.78 is 10.8. The van der Waals surface area contributed by atoms with E-state index in [4.69, 9.17) is 15.2 Å². The van der Waals surface area contributed by atoms with Gasteiger partial charge in [-0.2, -0.15) is 0 Å². The van der Waals surface area contributed by atoms with Crippen molar-refractivity contribution in [2.45, 2.75) is 13.0 Å². The molecule has 0 aliphatic heterocycles. The van der Waals surface area contributed by atoms with E-state index in [-0.39, 0.29) is 24.0 Å². The number of likely N-dealkylation sites (N-methyl/N-ethyl adjacent to an activating group) is 1. The van der Waals surface area contributed by atoms with E-state index in [9.17, 15) is 0 Å². The number of nitrogens with zero attached hydrogens (tertiary/aromatic N) is 3. The van der Waals surface area contributed by atoms with Gasteiger partial charge in [-0.15, -0.1) is 24.0 Å². The number of benzene rings is 1. The van der Waals surface area contributed by atoms with Crippen LogP contribution < -0.4 is 20.5 Å². The van der Waals surface area contributed by atoms with Crippen LogP contribution in [0, 0.1) is 0 Å². The highest BCUT2D eigenvalue weighted by Gasteiger charge is 2.00. The van der Waals surface area contributed by atoms with Crippen LogP contribution in [0.4, 0.5) is 0 Å². The van der Waals surface area contributed by atoms with Crippen LogP contribution in [0.3, 0.4) is 0 Å². The van der Waals surface area contributed by atoms with Crippen LogP contribution in [0.25, 0.3) is 0 Å². The van der Waals surface area contributed by atoms with E-state index < -0.39 is 0 Å². The number of aliphatic imine (C=N–C) groups is 1. The third-order valence-corrected chi connectivity index (χ3v) is 3.90. The van der Waals surface area contributed by atoms with Gasteiger partial charge in [0.1, 0.15) is 12.4 Å². The van der Waals surface area contributed by atoms with Gasteiger partial charge in [0.05, 0.1) is 13.7 Å². The highest BCUT2D eigenvalue weighted by molar-refractivity contribution is 14.0. The molecule has 0 atom stereocenters. The van der Waals surface area contributed by atoms with Gasteiger partial charge in [0.25, 0.3) is 0 Å². The summed E-state index contributed by atoms with van der Waals surface area (Å²) in [6.45, 7) is 2.64. The minimum atomic E-state index is 0. The summed E-state index contributed by atoms with van der Waals surface area (Å²) in [5.41, 5.74) is 8.17. The predicted octanol–water partition coefficient (Wildman–Crippen LogP) is 2.30. The third kappa shape index (κ3) is 9.23. The molecule has 0 amide bonds. The second-order valence-corrected chi connectivity index (χ2v) is 6.38. The van der Waals surface area contributed by atoms with E-state index in [1.807, 2.05) is 50.5 Å². The number of ether oxygens (including phenoxy) is 2. The van der Waals surface area contributed by atoms with Crippen molar-refractivity contribution in [2.75, 3.05) is 40.9 Å². The maximum absolute atomic E-state index is 5.95. The first kappa shape index (κ1) is 24.0. The van der Waals surface area contributed by atoms with E-state index in [2.05, 4.69) is 20.2 Å². The average Bonchev–Trinajstić information content (AvgIpc) is 2.67. The molecule has 2 aromatic rings. The normalized spacial score (nSPS) is 11.1. The molecule has 3 N–H and O–H groups in total. The number of pyridine rings is 1. The molecule has 0 bridgehead atoms. The molecule has 0 fully saturated rings. The van der Waals surface area contributed by atoms with Crippen molar-refractivity contribution in [3.05, 3.63) is 53.7 Å². The van der Waals surface area contributed by atoms with Crippen molar-refractivity contribution >= 4 is 29.9 Å². The van der Waals surface area contributed by atoms with Crippen molar-refractivity contribution in [1.82, 2.24) is 15.2 Å². The highest BCUT2D eigenvalue weighted by Crippen LogP contribution is 2.12. The number of nitrogens with one attached hydrogen (secondary N) is 1. The molecule has 1 aromatic heterocycles. The fourth-order valence-corrected chi connectivity index (χ4v) is 2.32. The lowest BCUT2D eigenvalue weighted by molar-refractivity contribution is 0.253. The Bertz CT molecular complexity index is 723. The summed E-state index contributed by atoms with van der Waals surface area (Å²) >= 11 is 0. The van der Waals surface area contributed by atoms with Gasteiger partial charge in [-0.3, -0.25) is 0 Å². The molecule has 0 radical (unpaired) electrons. The van der Waals surface area contributed by atoms with Crippen LogP contribution in [-0.2, 0) is 13.0 Å². The number of methoxy groups -OCH3 is 1. The summed E-state index contributed by atoms with van der Waals surface area (Å²) in [6.07, 6.45) is 2.59. The quantitative estimate of drug-likeness (QED) is 0.297. The largest absolute Gasteiger partial charge is 0.497 e. The van der Waals surface area contributed by atoms with E-state index in [0.29, 0.717) is 25.0 Å². The first-order valence-electron chi connectivity index (χ1n) is 8.96. The number of halogens is 1. The molecule has 1 aromatic carbocycles. The number of guanidine groups is 1. The Kier molecular flexibility index (Phi) is 11.3. The first-order chi connectivity index (χ1) is 13.1. The summed E-state index contributed by atoms with van der Waals surface area (Å²) in [7, 11) is 5.67. The van der Waals surface area contributed by atoms with Crippen LogP contribution in [0.1, 0.15) is 11.1 Å². The van der Waals surface area contributed by atoms with Crippen LogP contribution in [0.15, 0.2) is 47.6 Å². The number of hydrogen-bond donors (Lipinski definition) is 2. The first-order valence-corrected chi connectivity index (χ1v) is 8.96. The van der Waals surface area contributed by atoms with Crippen molar-refractivity contribution in [1.29, 1.82) is 0 Å². The highest BCUT2D eigenvalue weighted by atomic mass is 127. The van der Waals surface area contributed by atoms with Crippen molar-refractivity contribution in [3.8, 4) is 11.6 Å². The van der Waals surface area contributed by atoms with Crippen molar-refractivity contribution in [2.24, 2.45) is 10.7 Å². The molecule has 1 heterocycles. The van der Waals surface area contributed by atoms with Gasteiger partial charge < -0.3 is 25.4 Å². The summed E-state index contributed by atoms with van der Waals surface area (Å²) in [5.74, 6) is 1.89. The minimum Gasteiger partial charge on any atom is -0.497 e. The van der Waals surface area contributed by atoms with Gasteiger partial charge in [0, 0.05) is 25.4 Å². The van der Waals surface area contributed by atoms with E-state index in [0.717, 1.165) is 30.8 Å². The number of rotatable bonds is 10. The van der Waals surface area contributed by atoms with Crippen LogP contribution in [-0.4, -0.2) is 56.7 Å². The zero-order valence-corrected chi connectivity index (χ0v) is 19.1. The predicted molar refractivity (Wildman–Crippen MR) is 124 cm³/mol. The summed E-state index contributed by atoms with van der Waals surface area (Å²) in [4.78, 5) is 10.7. The van der Waals surface area contributed by atoms with Gasteiger partial charge in [-0.05, 0) is 49.8 Å². The molecule has 7 nitrogen and oxygen atoms in total. The zero-order valence-electron chi connectivity index (χ0n) is 16.7. The second-order valence-electron chi connectivity index (χ2n) is 6.38. The number of aromatic nitrogens is 1. The van der Waals surface area contributed by atoms with Gasteiger partial charge in [0.2, 0.25) is 5.88 Å². The Morgan fingerprint density at radius 3 is 2.61 bits per heavy atom. The molecular weight excluding hydrogens is 469 g/mol. The minimum absolute atomic E-state index is 0. The van der Waals surface area contributed by atoms with Gasteiger partial charge in [0.15, 0.2) is 5.96 Å². The zero-order chi connectivity index (χ0) is 19.5. The molecule has 154 valence electrons. The molecule has 0 unspecified atom stereocenters. The maximum Gasteiger partial charge on any atom is 0.213 e. The van der Waals surface area contributed by atoms with Crippen molar-refractivity contribution in [3.63, 3.8) is 0 Å². The lowest BCUT2D eigenvalue weighted by Gasteiger charge is -2.10. The molecule has 8 heteroatoms. The third-order valence-electron chi connectivity index (χ3n) is 3.90. The lowest BCUT2D eigenvalue weighted by atomic mass is 10.1. The van der Waals surface area contributed by atoms with E-state index in [1.54, 1.807) is 13.3 Å². The molecule has 2 rings (SSSR count). The Hall–Kier alpha value is -2.07. The molecule has 0 saturated heterocycles. The average molecular weight is 499 g/mol. The molecule has 0 saturated carbocycles. The number of hydrogen-bond acceptors (Lipinski definition) is 5. The standard InChI is InChI=1S/C20H29N5O2.HI/c1-25(2)12-13-27-19-14-17(9-10-22-19)15-24-20(21)23-11-8-16-4-6-18(26-3)7-5-16;/h4-7,9-10,14H,8,11-13,15H2,1-3H3,(H3,21,23,24);1H. The second kappa shape index (κ2) is 13.2. The number of nitrogens with two attached hydrogens (primary N) is 1. The van der Waals surface area contributed by atoms with Crippen molar-refractivity contribution < 1.29 is 9.47 Å². The monoisotopic (exact) mass is 499 g/mol. The Morgan fingerprint density at radius 1 is 1.18 bits per heavy atom. The smallest absolute Gasteiger partial charge is 0.213 e. The van der Waals surface area contributed by atoms with Crippen LogP contribution in [0.2, 0.25) is 0 Å². The Labute approximate surface area is 184 Å². The topological polar surface area (TPSA) is 85.0 Å². The lowest BCUT2D eigenvalue weighted by Crippen LogP contribution is -2.33. The summed E-state index contributed by atoms with van der Waals surface area (Å²) in [6, 6.07) is 11.8. The molecule has 0 aliphatic rings. The SMILES string of the molecule is COc1ccc(CCNC(N)=NCc2ccnc(OCCN(C)C)c2)cc1.I. The summed E-state index contributed by atoms with van der Waals surface area (Å²) in [5, 5.41) is 3.14. The van der Waals surface area contributed by atoms with Gasteiger partial charge in [-0.25, -0.2) is 9.98 Å². The maximum atomic E-state index is 5.95. The fourth-order valence-electron chi connectivity index (χ4n) is 2.32. The van der Waals surface area contributed by atoms with Gasteiger partial charge in [-0.1, -0.05) is 12.1 Å². The Morgan fingerprint density at radius 2 is 1.93 bits per heavy atom. The molecule has 0 aliphatic carbocycles. The van der Waals surface area contributed by atoms with E-state index in [1.165, 1.54) is 5.56 Å². The van der Waals surface area contributed by atoms with Crippen LogP contribution >= 0.6 is 24.0 Å². The van der Waals surface area contributed by atoms with Gasteiger partial charge >= 0.3 is 0 Å². The Balaban J connectivity index is 0.00000392. The molecule has 28 heavy (non-hydrogen) atoms.